The molecule has 0 radical (unpaired) electrons. The van der Waals surface area contributed by atoms with Crippen molar-refractivity contribution in [3.05, 3.63) is 59.7 Å². The van der Waals surface area contributed by atoms with Crippen molar-refractivity contribution in [1.82, 2.24) is 0 Å². The SMILES string of the molecule is COc1ccccc1NC(=O)/C(C#N)=C/c1ccc(N(C)CCO)cc1. The van der Waals surface area contributed by atoms with E-state index in [1.807, 2.05) is 42.3 Å². The van der Waals surface area contributed by atoms with Crippen LogP contribution in [0.3, 0.4) is 0 Å². The monoisotopic (exact) mass is 351 g/mol. The van der Waals surface area contributed by atoms with Crippen LogP contribution in [0.15, 0.2) is 54.1 Å². The van der Waals surface area contributed by atoms with Crippen LogP contribution in [0.5, 0.6) is 5.75 Å². The minimum Gasteiger partial charge on any atom is -0.495 e. The Morgan fingerprint density at radius 3 is 2.58 bits per heavy atom. The number of anilines is 2. The summed E-state index contributed by atoms with van der Waals surface area (Å²) in [5.74, 6) is 0.0212. The zero-order chi connectivity index (χ0) is 18.9. The lowest BCUT2D eigenvalue weighted by molar-refractivity contribution is -0.112. The Kier molecular flexibility index (Phi) is 6.77. The minimum absolute atomic E-state index is 0.00707. The lowest BCUT2D eigenvalue weighted by Gasteiger charge is -2.17. The van der Waals surface area contributed by atoms with Crippen molar-refractivity contribution in [2.24, 2.45) is 0 Å². The molecular formula is C20H21N3O3. The first kappa shape index (κ1) is 19.0. The zero-order valence-corrected chi connectivity index (χ0v) is 14.8. The van der Waals surface area contributed by atoms with Crippen LogP contribution in [0, 0.1) is 11.3 Å². The molecule has 134 valence electrons. The van der Waals surface area contributed by atoms with E-state index in [-0.39, 0.29) is 12.2 Å². The molecule has 0 atom stereocenters. The van der Waals surface area contributed by atoms with Crippen molar-refractivity contribution >= 4 is 23.4 Å². The topological polar surface area (TPSA) is 85.6 Å². The van der Waals surface area contributed by atoms with Gasteiger partial charge in [-0.25, -0.2) is 0 Å². The number of hydrogen-bond acceptors (Lipinski definition) is 5. The van der Waals surface area contributed by atoms with Gasteiger partial charge < -0.3 is 20.1 Å². The highest BCUT2D eigenvalue weighted by atomic mass is 16.5. The molecule has 6 nitrogen and oxygen atoms in total. The second-order valence-corrected chi connectivity index (χ2v) is 5.56. The van der Waals surface area contributed by atoms with Crippen molar-refractivity contribution in [3.63, 3.8) is 0 Å². The molecule has 2 rings (SSSR count). The summed E-state index contributed by atoms with van der Waals surface area (Å²) in [6.45, 7) is 0.597. The maximum absolute atomic E-state index is 12.4. The first-order valence-corrected chi connectivity index (χ1v) is 8.07. The van der Waals surface area contributed by atoms with Gasteiger partial charge in [0.1, 0.15) is 17.4 Å². The Hall–Kier alpha value is -3.30. The molecule has 0 bridgehead atoms. The molecule has 6 heteroatoms. The Morgan fingerprint density at radius 1 is 1.27 bits per heavy atom. The number of nitriles is 1. The number of ether oxygens (including phenoxy) is 1. The molecule has 0 aliphatic heterocycles. The van der Waals surface area contributed by atoms with Crippen molar-refractivity contribution in [1.29, 1.82) is 5.26 Å². The number of amides is 1. The summed E-state index contributed by atoms with van der Waals surface area (Å²) in [4.78, 5) is 14.3. The average molecular weight is 351 g/mol. The van der Waals surface area contributed by atoms with Crippen LogP contribution in [0.1, 0.15) is 5.56 Å². The van der Waals surface area contributed by atoms with E-state index in [0.29, 0.717) is 18.0 Å². The van der Waals surface area contributed by atoms with Gasteiger partial charge in [-0.1, -0.05) is 24.3 Å². The Labute approximate surface area is 152 Å². The summed E-state index contributed by atoms with van der Waals surface area (Å²) >= 11 is 0. The fourth-order valence-corrected chi connectivity index (χ4v) is 2.36. The van der Waals surface area contributed by atoms with Gasteiger partial charge in [-0.15, -0.1) is 0 Å². The normalized spacial score (nSPS) is 10.8. The van der Waals surface area contributed by atoms with Gasteiger partial charge in [0.2, 0.25) is 0 Å². The molecule has 0 unspecified atom stereocenters. The molecular weight excluding hydrogens is 330 g/mol. The number of para-hydroxylation sites is 2. The average Bonchev–Trinajstić information content (AvgIpc) is 2.67. The maximum atomic E-state index is 12.4. The predicted molar refractivity (Wildman–Crippen MR) is 102 cm³/mol. The molecule has 0 aliphatic carbocycles. The highest BCUT2D eigenvalue weighted by Gasteiger charge is 2.12. The number of benzene rings is 2. The van der Waals surface area contributed by atoms with Crippen LogP contribution >= 0.6 is 0 Å². The number of aliphatic hydroxyl groups excluding tert-OH is 1. The van der Waals surface area contributed by atoms with Crippen molar-refractivity contribution in [2.45, 2.75) is 0 Å². The molecule has 0 saturated heterocycles. The number of carbonyl (C=O) groups is 1. The lowest BCUT2D eigenvalue weighted by Crippen LogP contribution is -2.20. The van der Waals surface area contributed by atoms with E-state index >= 15 is 0 Å². The largest absolute Gasteiger partial charge is 0.495 e. The Balaban J connectivity index is 2.16. The molecule has 2 aromatic rings. The van der Waals surface area contributed by atoms with Crippen molar-refractivity contribution in [2.75, 3.05) is 37.5 Å². The summed E-state index contributed by atoms with van der Waals surface area (Å²) in [5, 5.41) is 21.0. The summed E-state index contributed by atoms with van der Waals surface area (Å²) in [7, 11) is 3.39. The number of methoxy groups -OCH3 is 1. The number of hydrogen-bond donors (Lipinski definition) is 2. The van der Waals surface area contributed by atoms with Crippen molar-refractivity contribution in [3.8, 4) is 11.8 Å². The second-order valence-electron chi connectivity index (χ2n) is 5.56. The fourth-order valence-electron chi connectivity index (χ4n) is 2.36. The van der Waals surface area contributed by atoms with Gasteiger partial charge in [-0.05, 0) is 35.9 Å². The summed E-state index contributed by atoms with van der Waals surface area (Å²) in [6.07, 6.45) is 1.53. The first-order chi connectivity index (χ1) is 12.6. The molecule has 1 amide bonds. The first-order valence-electron chi connectivity index (χ1n) is 8.07. The molecule has 2 aromatic carbocycles. The summed E-state index contributed by atoms with van der Waals surface area (Å²) in [5.41, 5.74) is 2.17. The number of likely N-dealkylation sites (N-methyl/N-ethyl adjacent to an activating group) is 1. The number of nitrogens with zero attached hydrogens (tertiary/aromatic N) is 2. The third kappa shape index (κ3) is 4.85. The fraction of sp³-hybridized carbons (Fsp3) is 0.200. The smallest absolute Gasteiger partial charge is 0.266 e. The molecule has 0 heterocycles. The van der Waals surface area contributed by atoms with E-state index in [1.54, 1.807) is 24.3 Å². The standard InChI is InChI=1S/C20H21N3O3/c1-23(11-12-24)17-9-7-15(8-10-17)13-16(14-21)20(25)22-18-5-3-4-6-19(18)26-2/h3-10,13,24H,11-12H2,1-2H3,(H,22,25)/b16-13+. The van der Waals surface area contributed by atoms with E-state index in [2.05, 4.69) is 5.32 Å². The van der Waals surface area contributed by atoms with Gasteiger partial charge in [0.25, 0.3) is 5.91 Å². The van der Waals surface area contributed by atoms with Gasteiger partial charge in [-0.3, -0.25) is 4.79 Å². The van der Waals surface area contributed by atoms with E-state index in [9.17, 15) is 10.1 Å². The number of aliphatic hydroxyl groups is 1. The second kappa shape index (κ2) is 9.25. The van der Waals surface area contributed by atoms with Crippen molar-refractivity contribution < 1.29 is 14.6 Å². The maximum Gasteiger partial charge on any atom is 0.266 e. The lowest BCUT2D eigenvalue weighted by atomic mass is 10.1. The van der Waals surface area contributed by atoms with Crippen LogP contribution in [0.2, 0.25) is 0 Å². The third-order valence-corrected chi connectivity index (χ3v) is 3.80. The van der Waals surface area contributed by atoms with E-state index in [0.717, 1.165) is 11.3 Å². The molecule has 0 spiro atoms. The van der Waals surface area contributed by atoms with Crippen LogP contribution in [0.25, 0.3) is 6.08 Å². The molecule has 0 aliphatic rings. The van der Waals surface area contributed by atoms with E-state index < -0.39 is 5.91 Å². The molecule has 0 fully saturated rings. The van der Waals surface area contributed by atoms with Gasteiger partial charge in [0.15, 0.2) is 0 Å². The minimum atomic E-state index is -0.501. The Morgan fingerprint density at radius 2 is 1.96 bits per heavy atom. The number of rotatable bonds is 7. The van der Waals surface area contributed by atoms with E-state index in [4.69, 9.17) is 9.84 Å². The van der Waals surface area contributed by atoms with Gasteiger partial charge in [-0.2, -0.15) is 5.26 Å². The van der Waals surface area contributed by atoms with Crippen LogP contribution in [0.4, 0.5) is 11.4 Å². The molecule has 26 heavy (non-hydrogen) atoms. The van der Waals surface area contributed by atoms with Gasteiger partial charge in [0.05, 0.1) is 19.4 Å². The highest BCUT2D eigenvalue weighted by molar-refractivity contribution is 6.10. The summed E-state index contributed by atoms with van der Waals surface area (Å²) in [6, 6.07) is 16.3. The van der Waals surface area contributed by atoms with Crippen LogP contribution < -0.4 is 15.0 Å². The Bertz CT molecular complexity index is 823. The quantitative estimate of drug-likeness (QED) is 0.592. The van der Waals surface area contributed by atoms with Gasteiger partial charge in [0, 0.05) is 19.3 Å². The number of nitrogens with one attached hydrogen (secondary N) is 1. The van der Waals surface area contributed by atoms with Crippen LogP contribution in [-0.2, 0) is 4.79 Å². The zero-order valence-electron chi connectivity index (χ0n) is 14.8. The highest BCUT2D eigenvalue weighted by Crippen LogP contribution is 2.24. The predicted octanol–water partition coefficient (Wildman–Crippen LogP) is 2.67. The van der Waals surface area contributed by atoms with E-state index in [1.165, 1.54) is 13.2 Å². The summed E-state index contributed by atoms with van der Waals surface area (Å²) < 4.78 is 5.19. The molecule has 0 saturated carbocycles. The third-order valence-electron chi connectivity index (χ3n) is 3.80. The van der Waals surface area contributed by atoms with Gasteiger partial charge >= 0.3 is 0 Å². The number of carbonyl (C=O) groups excluding carboxylic acids is 1. The molecule has 2 N–H and O–H groups in total. The van der Waals surface area contributed by atoms with Crippen LogP contribution in [-0.4, -0.2) is 38.3 Å². The molecule has 0 aromatic heterocycles.